The summed E-state index contributed by atoms with van der Waals surface area (Å²) in [5.74, 6) is -2.70. The summed E-state index contributed by atoms with van der Waals surface area (Å²) in [7, 11) is 0. The van der Waals surface area contributed by atoms with Gasteiger partial charge in [-0.1, -0.05) is 0 Å². The Morgan fingerprint density at radius 2 is 2.29 bits per heavy atom. The maximum atomic E-state index is 10.7. The second-order valence-electron chi connectivity index (χ2n) is 2.45. The van der Waals surface area contributed by atoms with Gasteiger partial charge in [-0.25, -0.2) is 4.79 Å². The third kappa shape index (κ3) is 1.65. The maximum absolute atomic E-state index is 10.7. The molecule has 0 aromatic carbocycles. The summed E-state index contributed by atoms with van der Waals surface area (Å²) in [6.45, 7) is -0.725. The van der Waals surface area contributed by atoms with E-state index in [1.54, 1.807) is 0 Å². The quantitative estimate of drug-likeness (QED) is 0.297. The molecule has 1 aliphatic rings. The number of cyclic esters (lactones) is 1. The second-order valence-corrected chi connectivity index (χ2v) is 2.45. The minimum Gasteiger partial charge on any atom is -0.499 e. The van der Waals surface area contributed by atoms with Crippen molar-refractivity contribution in [2.24, 2.45) is 5.34 Å². The minimum absolute atomic E-state index is 0.605. The van der Waals surface area contributed by atoms with Gasteiger partial charge in [-0.3, -0.25) is 0 Å². The average Bonchev–Trinajstić information content (AvgIpc) is 2.45. The van der Waals surface area contributed by atoms with E-state index in [-0.39, 0.29) is 0 Å². The van der Waals surface area contributed by atoms with Crippen LogP contribution in [-0.4, -0.2) is 40.1 Å². The van der Waals surface area contributed by atoms with Crippen molar-refractivity contribution >= 4 is 5.97 Å². The van der Waals surface area contributed by atoms with E-state index in [1.165, 1.54) is 0 Å². The molecule has 2 atom stereocenters. The minimum atomic E-state index is -1.49. The molecular formula is C6H7NO7. The number of esters is 1. The Labute approximate surface area is 77.3 Å². The Hall–Kier alpha value is -1.67. The van der Waals surface area contributed by atoms with Gasteiger partial charge in [-0.15, -0.1) is 4.91 Å². The van der Waals surface area contributed by atoms with Crippen LogP contribution in [0.25, 0.3) is 0 Å². The van der Waals surface area contributed by atoms with Crippen molar-refractivity contribution in [3.05, 3.63) is 16.4 Å². The van der Waals surface area contributed by atoms with Gasteiger partial charge in [0.2, 0.25) is 11.5 Å². The standard InChI is InChI=1S/C6H7NO7/c8-1-2(9)4-5(14-7-12)3(10)6(11)13-4/h2,4,8-10H,1H2/t2-,4+/m0/s1. The van der Waals surface area contributed by atoms with E-state index in [2.05, 4.69) is 9.57 Å². The molecule has 0 radical (unpaired) electrons. The van der Waals surface area contributed by atoms with Crippen LogP contribution in [0.15, 0.2) is 16.9 Å². The van der Waals surface area contributed by atoms with Crippen molar-refractivity contribution in [1.29, 1.82) is 0 Å². The lowest BCUT2D eigenvalue weighted by molar-refractivity contribution is -0.148. The maximum Gasteiger partial charge on any atom is 0.378 e. The summed E-state index contributed by atoms with van der Waals surface area (Å²) in [5.41, 5.74) is 0. The van der Waals surface area contributed by atoms with Gasteiger partial charge >= 0.3 is 5.97 Å². The summed E-state index contributed by atoms with van der Waals surface area (Å²) in [5, 5.41) is 28.6. The van der Waals surface area contributed by atoms with Gasteiger partial charge in [-0.05, 0) is 0 Å². The van der Waals surface area contributed by atoms with Crippen LogP contribution < -0.4 is 0 Å². The van der Waals surface area contributed by atoms with Gasteiger partial charge < -0.3 is 24.9 Å². The van der Waals surface area contributed by atoms with Crippen LogP contribution >= 0.6 is 0 Å². The van der Waals surface area contributed by atoms with Gasteiger partial charge in [0.05, 0.1) is 6.61 Å². The zero-order chi connectivity index (χ0) is 10.7. The predicted molar refractivity (Wildman–Crippen MR) is 39.5 cm³/mol. The highest BCUT2D eigenvalue weighted by molar-refractivity contribution is 5.89. The molecule has 8 heteroatoms. The fourth-order valence-corrected chi connectivity index (χ4v) is 0.944. The number of rotatable bonds is 4. The summed E-state index contributed by atoms with van der Waals surface area (Å²) < 4.78 is 4.39. The Balaban J connectivity index is 2.89. The highest BCUT2D eigenvalue weighted by atomic mass is 16.7. The number of hydrogen-bond donors (Lipinski definition) is 3. The summed E-state index contributed by atoms with van der Waals surface area (Å²) in [6, 6.07) is 0. The molecule has 0 aliphatic carbocycles. The zero-order valence-corrected chi connectivity index (χ0v) is 6.78. The van der Waals surface area contributed by atoms with Crippen molar-refractivity contribution in [1.82, 2.24) is 0 Å². The molecule has 14 heavy (non-hydrogen) atoms. The number of ether oxygens (including phenoxy) is 1. The lowest BCUT2D eigenvalue weighted by Crippen LogP contribution is -2.32. The van der Waals surface area contributed by atoms with E-state index < -0.39 is 36.3 Å². The number of carbonyl (C=O) groups is 1. The van der Waals surface area contributed by atoms with Crippen molar-refractivity contribution in [3.63, 3.8) is 0 Å². The fraction of sp³-hybridized carbons (Fsp3) is 0.500. The molecule has 3 N–H and O–H groups in total. The van der Waals surface area contributed by atoms with E-state index in [4.69, 9.17) is 15.3 Å². The zero-order valence-electron chi connectivity index (χ0n) is 6.78. The van der Waals surface area contributed by atoms with Crippen molar-refractivity contribution in [2.45, 2.75) is 12.2 Å². The Morgan fingerprint density at radius 3 is 2.79 bits per heavy atom. The Kier molecular flexibility index (Phi) is 2.99. The molecule has 8 nitrogen and oxygen atoms in total. The van der Waals surface area contributed by atoms with Gasteiger partial charge in [0.25, 0.3) is 0 Å². The molecule has 0 unspecified atom stereocenters. The van der Waals surface area contributed by atoms with Crippen molar-refractivity contribution < 1.29 is 29.7 Å². The summed E-state index contributed by atoms with van der Waals surface area (Å²) in [4.78, 5) is 24.5. The number of aliphatic hydroxyl groups is 3. The molecule has 1 heterocycles. The fourth-order valence-electron chi connectivity index (χ4n) is 0.944. The first-order valence-corrected chi connectivity index (χ1v) is 3.54. The molecule has 0 saturated heterocycles. The summed E-state index contributed by atoms with van der Waals surface area (Å²) in [6.07, 6.45) is -2.90. The molecule has 1 aliphatic heterocycles. The predicted octanol–water partition coefficient (Wildman–Crippen LogP) is -1.27. The normalized spacial score (nSPS) is 23.3. The number of carbonyl (C=O) groups excluding carboxylic acids is 1. The topological polar surface area (TPSA) is 126 Å². The third-order valence-electron chi connectivity index (χ3n) is 1.59. The molecule has 0 fully saturated rings. The van der Waals surface area contributed by atoms with Crippen LogP contribution in [0.1, 0.15) is 0 Å². The van der Waals surface area contributed by atoms with Crippen LogP contribution in [0.4, 0.5) is 0 Å². The largest absolute Gasteiger partial charge is 0.499 e. The molecule has 78 valence electrons. The highest BCUT2D eigenvalue weighted by Crippen LogP contribution is 2.24. The van der Waals surface area contributed by atoms with Gasteiger partial charge in [0.15, 0.2) is 11.4 Å². The van der Waals surface area contributed by atoms with Crippen LogP contribution in [0.2, 0.25) is 0 Å². The smallest absolute Gasteiger partial charge is 0.378 e. The Bertz CT molecular complexity index is 286. The molecule has 0 bridgehead atoms. The van der Waals surface area contributed by atoms with Gasteiger partial charge in [0, 0.05) is 0 Å². The SMILES string of the molecule is O=NOC1=C(O)C(=O)O[C@@H]1[C@@H](O)CO. The molecule has 0 aromatic rings. The molecule has 0 saturated carbocycles. The second kappa shape index (κ2) is 4.03. The van der Waals surface area contributed by atoms with Crippen molar-refractivity contribution in [3.8, 4) is 0 Å². The van der Waals surface area contributed by atoms with E-state index in [0.717, 1.165) is 0 Å². The molecule has 0 amide bonds. The first kappa shape index (κ1) is 10.4. The summed E-state index contributed by atoms with van der Waals surface area (Å²) >= 11 is 0. The molecule has 0 aromatic heterocycles. The van der Waals surface area contributed by atoms with E-state index in [0.29, 0.717) is 0 Å². The van der Waals surface area contributed by atoms with E-state index in [1.807, 2.05) is 5.34 Å². The molecule has 0 spiro atoms. The van der Waals surface area contributed by atoms with Crippen molar-refractivity contribution in [2.75, 3.05) is 6.61 Å². The monoisotopic (exact) mass is 205 g/mol. The average molecular weight is 205 g/mol. The lowest BCUT2D eigenvalue weighted by atomic mass is 10.2. The van der Waals surface area contributed by atoms with Gasteiger partial charge in [0.1, 0.15) is 6.10 Å². The first-order valence-electron chi connectivity index (χ1n) is 3.54. The number of nitrogens with zero attached hydrogens (tertiary/aromatic N) is 1. The molecule has 1 rings (SSSR count). The highest BCUT2D eigenvalue weighted by Gasteiger charge is 2.41. The van der Waals surface area contributed by atoms with Crippen LogP contribution in [0, 0.1) is 4.91 Å². The van der Waals surface area contributed by atoms with Crippen LogP contribution in [0.5, 0.6) is 0 Å². The Morgan fingerprint density at radius 1 is 1.64 bits per heavy atom. The molecular weight excluding hydrogens is 198 g/mol. The van der Waals surface area contributed by atoms with Crippen LogP contribution in [0.3, 0.4) is 0 Å². The first-order chi connectivity index (χ1) is 6.61. The number of hydrogen-bond acceptors (Lipinski definition) is 8. The third-order valence-corrected chi connectivity index (χ3v) is 1.59. The van der Waals surface area contributed by atoms with E-state index >= 15 is 0 Å². The lowest BCUT2D eigenvalue weighted by Gasteiger charge is -2.14. The van der Waals surface area contributed by atoms with Crippen LogP contribution in [-0.2, 0) is 14.4 Å². The van der Waals surface area contributed by atoms with Gasteiger partial charge in [-0.2, -0.15) is 0 Å². The van der Waals surface area contributed by atoms with E-state index in [9.17, 15) is 9.70 Å². The number of aliphatic hydroxyl groups excluding tert-OH is 3.